The number of rotatable bonds is 6. The molecule has 152 valence electrons. The van der Waals surface area contributed by atoms with Crippen LogP contribution in [0.4, 0.5) is 0 Å². The maximum absolute atomic E-state index is 5.76. The van der Waals surface area contributed by atoms with Gasteiger partial charge in [-0.3, -0.25) is 4.99 Å². The van der Waals surface area contributed by atoms with Crippen LogP contribution in [0.5, 0.6) is 5.88 Å². The molecule has 2 aromatic heterocycles. The number of aliphatic imine (C=N–C) groups is 1. The summed E-state index contributed by atoms with van der Waals surface area (Å²) in [7, 11) is 1.78. The molecule has 0 radical (unpaired) electrons. The summed E-state index contributed by atoms with van der Waals surface area (Å²) >= 11 is 0. The number of aryl methyl sites for hydroxylation is 2. The van der Waals surface area contributed by atoms with Gasteiger partial charge >= 0.3 is 0 Å². The quantitative estimate of drug-likeness (QED) is 0.363. The number of nitrogens with one attached hydrogen (secondary N) is 2. The molecule has 9 heteroatoms. The maximum Gasteiger partial charge on any atom is 0.213 e. The van der Waals surface area contributed by atoms with E-state index in [1.807, 2.05) is 23.7 Å². The van der Waals surface area contributed by atoms with Gasteiger partial charge in [0.1, 0.15) is 11.6 Å². The van der Waals surface area contributed by atoms with E-state index in [0.29, 0.717) is 12.4 Å². The van der Waals surface area contributed by atoms with Crippen molar-refractivity contribution in [1.29, 1.82) is 0 Å². The molecule has 8 nitrogen and oxygen atoms in total. The fraction of sp³-hybridized carbons (Fsp3) is 0.579. The molecule has 0 amide bonds. The van der Waals surface area contributed by atoms with Crippen molar-refractivity contribution in [3.8, 4) is 5.88 Å². The third-order valence-electron chi connectivity index (χ3n) is 4.94. The van der Waals surface area contributed by atoms with E-state index >= 15 is 0 Å². The Bertz CT molecular complexity index is 818. The predicted molar refractivity (Wildman–Crippen MR) is 118 cm³/mol. The van der Waals surface area contributed by atoms with Crippen LogP contribution in [0.15, 0.2) is 23.3 Å². The highest BCUT2D eigenvalue weighted by Crippen LogP contribution is 2.29. The number of ether oxygens (including phenoxy) is 1. The van der Waals surface area contributed by atoms with E-state index in [2.05, 4.69) is 30.7 Å². The Morgan fingerprint density at radius 2 is 2.21 bits per heavy atom. The first-order valence-electron chi connectivity index (χ1n) is 9.67. The molecule has 28 heavy (non-hydrogen) atoms. The molecule has 4 rings (SSSR count). The number of aromatic nitrogens is 4. The van der Waals surface area contributed by atoms with Crippen molar-refractivity contribution in [3.63, 3.8) is 0 Å². The third kappa shape index (κ3) is 5.33. The molecule has 2 aliphatic rings. The SMILES string of the molecule is CN=C(NCc1ccnc(OCC2CC2)c1)NC1CCCn2nc(C)nc21.I. The van der Waals surface area contributed by atoms with Crippen LogP contribution in [-0.2, 0) is 13.1 Å². The largest absolute Gasteiger partial charge is 0.477 e. The second-order valence-corrected chi connectivity index (χ2v) is 7.26. The average Bonchev–Trinajstić information content (AvgIpc) is 3.43. The average molecular weight is 497 g/mol. The summed E-state index contributed by atoms with van der Waals surface area (Å²) in [5.41, 5.74) is 1.11. The van der Waals surface area contributed by atoms with E-state index in [1.165, 1.54) is 12.8 Å². The maximum atomic E-state index is 5.76. The summed E-state index contributed by atoms with van der Waals surface area (Å²) in [4.78, 5) is 13.2. The molecule has 1 atom stereocenters. The summed E-state index contributed by atoms with van der Waals surface area (Å²) < 4.78 is 7.76. The summed E-state index contributed by atoms with van der Waals surface area (Å²) in [6.45, 7) is 4.29. The van der Waals surface area contributed by atoms with Gasteiger partial charge < -0.3 is 15.4 Å². The number of hydrogen-bond donors (Lipinski definition) is 2. The van der Waals surface area contributed by atoms with Crippen molar-refractivity contribution < 1.29 is 4.74 Å². The van der Waals surface area contributed by atoms with Gasteiger partial charge in [0.15, 0.2) is 5.96 Å². The molecular weight excluding hydrogens is 469 g/mol. The first-order valence-corrected chi connectivity index (χ1v) is 9.67. The number of hydrogen-bond acceptors (Lipinski definition) is 5. The Hall–Kier alpha value is -1.91. The number of halogens is 1. The zero-order valence-corrected chi connectivity index (χ0v) is 18.7. The minimum atomic E-state index is 0. The molecule has 1 fully saturated rings. The van der Waals surface area contributed by atoms with Crippen LogP contribution in [0, 0.1) is 12.8 Å². The van der Waals surface area contributed by atoms with Crippen LogP contribution >= 0.6 is 24.0 Å². The summed E-state index contributed by atoms with van der Waals surface area (Å²) in [6.07, 6.45) is 6.45. The van der Waals surface area contributed by atoms with Crippen molar-refractivity contribution in [2.75, 3.05) is 13.7 Å². The summed E-state index contributed by atoms with van der Waals surface area (Å²) in [5, 5.41) is 11.3. The van der Waals surface area contributed by atoms with Gasteiger partial charge in [0.05, 0.1) is 12.6 Å². The third-order valence-corrected chi connectivity index (χ3v) is 4.94. The predicted octanol–water partition coefficient (Wildman–Crippen LogP) is 2.59. The monoisotopic (exact) mass is 497 g/mol. The molecule has 0 aromatic carbocycles. The lowest BCUT2D eigenvalue weighted by molar-refractivity contribution is 0.288. The standard InChI is InChI=1S/C19H27N7O.HI/c1-13-23-18-16(4-3-9-26(18)25-13)24-19(20-2)22-11-15-7-8-21-17(10-15)27-12-14-5-6-14;/h7-8,10,14,16H,3-6,9,11-12H2,1-2H3,(H2,20,22,24);1H. The highest BCUT2D eigenvalue weighted by atomic mass is 127. The van der Waals surface area contributed by atoms with Crippen LogP contribution in [-0.4, -0.2) is 39.4 Å². The first-order chi connectivity index (χ1) is 13.2. The van der Waals surface area contributed by atoms with Crippen molar-refractivity contribution in [3.05, 3.63) is 35.5 Å². The lowest BCUT2D eigenvalue weighted by Gasteiger charge is -2.25. The van der Waals surface area contributed by atoms with E-state index in [0.717, 1.165) is 55.1 Å². The normalized spacial score (nSPS) is 18.8. The number of fused-ring (bicyclic) bond motifs is 1. The van der Waals surface area contributed by atoms with Gasteiger partial charge in [-0.1, -0.05) is 0 Å². The fourth-order valence-corrected chi connectivity index (χ4v) is 3.28. The van der Waals surface area contributed by atoms with Gasteiger partial charge in [-0.05, 0) is 50.2 Å². The Balaban J connectivity index is 0.00000225. The number of pyridine rings is 1. The Kier molecular flexibility index (Phi) is 7.08. The molecule has 3 heterocycles. The second kappa shape index (κ2) is 9.53. The van der Waals surface area contributed by atoms with Crippen LogP contribution < -0.4 is 15.4 Å². The van der Waals surface area contributed by atoms with E-state index in [4.69, 9.17) is 4.74 Å². The summed E-state index contributed by atoms with van der Waals surface area (Å²) in [6, 6.07) is 4.11. The fourth-order valence-electron chi connectivity index (χ4n) is 3.28. The topological polar surface area (TPSA) is 89.3 Å². The van der Waals surface area contributed by atoms with Gasteiger partial charge in [0, 0.05) is 32.4 Å². The minimum Gasteiger partial charge on any atom is -0.477 e. The molecule has 1 saturated carbocycles. The van der Waals surface area contributed by atoms with Crippen LogP contribution in [0.3, 0.4) is 0 Å². The smallest absolute Gasteiger partial charge is 0.213 e. The van der Waals surface area contributed by atoms with E-state index in [9.17, 15) is 0 Å². The number of guanidine groups is 1. The molecular formula is C19H28IN7O. The van der Waals surface area contributed by atoms with Crippen molar-refractivity contribution in [1.82, 2.24) is 30.4 Å². The first kappa shape index (κ1) is 20.8. The lowest BCUT2D eigenvalue weighted by Crippen LogP contribution is -2.41. The highest BCUT2D eigenvalue weighted by Gasteiger charge is 2.24. The molecule has 0 saturated heterocycles. The van der Waals surface area contributed by atoms with Gasteiger partial charge in [0.2, 0.25) is 5.88 Å². The molecule has 1 aliphatic heterocycles. The van der Waals surface area contributed by atoms with Crippen molar-refractivity contribution in [2.24, 2.45) is 10.9 Å². The van der Waals surface area contributed by atoms with Crippen LogP contribution in [0.1, 0.15) is 48.9 Å². The van der Waals surface area contributed by atoms with Crippen LogP contribution in [0.25, 0.3) is 0 Å². The molecule has 0 spiro atoms. The molecule has 2 N–H and O–H groups in total. The van der Waals surface area contributed by atoms with Crippen LogP contribution in [0.2, 0.25) is 0 Å². The van der Waals surface area contributed by atoms with E-state index in [-0.39, 0.29) is 30.0 Å². The molecule has 0 bridgehead atoms. The van der Waals surface area contributed by atoms with Gasteiger partial charge in [-0.25, -0.2) is 14.6 Å². The van der Waals surface area contributed by atoms with Gasteiger partial charge in [0.25, 0.3) is 0 Å². The second-order valence-electron chi connectivity index (χ2n) is 7.26. The minimum absolute atomic E-state index is 0. The Morgan fingerprint density at radius 3 is 3.00 bits per heavy atom. The number of nitrogens with zero attached hydrogens (tertiary/aromatic N) is 5. The van der Waals surface area contributed by atoms with Gasteiger partial charge in [-0.15, -0.1) is 24.0 Å². The van der Waals surface area contributed by atoms with Gasteiger partial charge in [-0.2, -0.15) is 5.10 Å². The Labute approximate surface area is 182 Å². The summed E-state index contributed by atoms with van der Waals surface area (Å²) in [5.74, 6) is 3.97. The van der Waals surface area contributed by atoms with E-state index < -0.39 is 0 Å². The van der Waals surface area contributed by atoms with Crippen molar-refractivity contribution >= 4 is 29.9 Å². The van der Waals surface area contributed by atoms with E-state index in [1.54, 1.807) is 13.2 Å². The molecule has 2 aromatic rings. The molecule has 1 aliphatic carbocycles. The molecule has 1 unspecified atom stereocenters. The highest BCUT2D eigenvalue weighted by molar-refractivity contribution is 14.0. The lowest BCUT2D eigenvalue weighted by atomic mass is 10.1. The zero-order chi connectivity index (χ0) is 18.6. The Morgan fingerprint density at radius 1 is 1.36 bits per heavy atom. The zero-order valence-electron chi connectivity index (χ0n) is 16.4. The van der Waals surface area contributed by atoms with Crippen molar-refractivity contribution in [2.45, 2.75) is 51.7 Å².